The van der Waals surface area contributed by atoms with Gasteiger partial charge in [-0.15, -0.1) is 0 Å². The Morgan fingerprint density at radius 2 is 1.39 bits per heavy atom. The van der Waals surface area contributed by atoms with Gasteiger partial charge >= 0.3 is 0 Å². The number of nitrogens with one attached hydrogen (secondary N) is 1. The number of carbonyl (C=O) groups excluding carboxylic acids is 2. The van der Waals surface area contributed by atoms with Crippen LogP contribution in [0.3, 0.4) is 0 Å². The summed E-state index contributed by atoms with van der Waals surface area (Å²) in [7, 11) is 0. The van der Waals surface area contributed by atoms with Crippen molar-refractivity contribution in [3.8, 4) is 0 Å². The maximum atomic E-state index is 12.0. The summed E-state index contributed by atoms with van der Waals surface area (Å²) in [6.45, 7) is 11.9. The molecule has 0 saturated heterocycles. The second-order valence-corrected chi connectivity index (χ2v) is 9.38. The average Bonchev–Trinajstić information content (AvgIpc) is 2.28. The van der Waals surface area contributed by atoms with E-state index >= 15 is 0 Å². The van der Waals surface area contributed by atoms with Gasteiger partial charge in [0.2, 0.25) is 5.91 Å². The van der Waals surface area contributed by atoms with E-state index in [0.29, 0.717) is 6.42 Å². The lowest BCUT2D eigenvalue weighted by Crippen LogP contribution is -2.75. The van der Waals surface area contributed by atoms with E-state index in [4.69, 9.17) is 9.47 Å². The maximum Gasteiger partial charge on any atom is 0.246 e. The van der Waals surface area contributed by atoms with E-state index in [1.54, 1.807) is 0 Å². The summed E-state index contributed by atoms with van der Waals surface area (Å²) in [5.74, 6) is 0.103. The van der Waals surface area contributed by atoms with E-state index in [1.165, 1.54) is 0 Å². The highest BCUT2D eigenvalue weighted by molar-refractivity contribution is 5.82. The minimum Gasteiger partial charge on any atom is -0.368 e. The fourth-order valence-electron chi connectivity index (χ4n) is 3.70. The van der Waals surface area contributed by atoms with E-state index in [0.717, 1.165) is 19.3 Å². The monoisotopic (exact) mass is 325 g/mol. The fourth-order valence-corrected chi connectivity index (χ4v) is 3.70. The lowest BCUT2D eigenvalue weighted by molar-refractivity contribution is -0.177. The van der Waals surface area contributed by atoms with Gasteiger partial charge in [0, 0.05) is 12.0 Å². The highest BCUT2D eigenvalue weighted by atomic mass is 16.5. The molecule has 0 aromatic heterocycles. The molecule has 0 heterocycles. The number of hydrogen-bond acceptors (Lipinski definition) is 4. The molecule has 3 rings (SSSR count). The molecule has 0 aromatic carbocycles. The summed E-state index contributed by atoms with van der Waals surface area (Å²) in [5, 5.41) is 3.08. The van der Waals surface area contributed by atoms with Crippen molar-refractivity contribution in [1.82, 2.24) is 5.32 Å². The van der Waals surface area contributed by atoms with Gasteiger partial charge in [0.15, 0.2) is 5.78 Å². The minimum atomic E-state index is -0.308. The van der Waals surface area contributed by atoms with Crippen LogP contribution in [0, 0.1) is 5.41 Å². The molecule has 5 heteroatoms. The van der Waals surface area contributed by atoms with Crippen LogP contribution in [-0.2, 0) is 19.1 Å². The summed E-state index contributed by atoms with van der Waals surface area (Å²) in [4.78, 5) is 24.0. The third-order valence-corrected chi connectivity index (χ3v) is 4.42. The molecule has 3 aliphatic carbocycles. The van der Waals surface area contributed by atoms with Crippen molar-refractivity contribution in [2.24, 2.45) is 5.41 Å². The molecule has 23 heavy (non-hydrogen) atoms. The fraction of sp³-hybridized carbons (Fsp3) is 0.889. The van der Waals surface area contributed by atoms with Crippen LogP contribution in [0.2, 0.25) is 0 Å². The van der Waals surface area contributed by atoms with Crippen molar-refractivity contribution in [3.05, 3.63) is 0 Å². The highest BCUT2D eigenvalue weighted by Gasteiger charge is 2.68. The number of hydrogen-bond donors (Lipinski definition) is 1. The first-order valence-corrected chi connectivity index (χ1v) is 8.43. The SMILES string of the molecule is CC(C)(C)OCC(=O)CC12CC(NC(=O)COC(C)(C)C)(C1)C2. The average molecular weight is 325 g/mol. The second kappa shape index (κ2) is 5.85. The van der Waals surface area contributed by atoms with E-state index in [1.807, 2.05) is 41.5 Å². The zero-order valence-corrected chi connectivity index (χ0v) is 15.4. The predicted octanol–water partition coefficient (Wildman–Crippen LogP) is 2.61. The molecular weight excluding hydrogens is 294 g/mol. The van der Waals surface area contributed by atoms with Crippen LogP contribution < -0.4 is 5.32 Å². The second-order valence-electron chi connectivity index (χ2n) is 9.38. The quantitative estimate of drug-likeness (QED) is 0.781. The molecule has 0 atom stereocenters. The largest absolute Gasteiger partial charge is 0.368 e. The Morgan fingerprint density at radius 3 is 1.87 bits per heavy atom. The molecule has 0 unspecified atom stereocenters. The van der Waals surface area contributed by atoms with E-state index in [2.05, 4.69) is 5.32 Å². The molecular formula is C18H31NO4. The Bertz CT molecular complexity index is 422. The summed E-state index contributed by atoms with van der Waals surface area (Å²) < 4.78 is 11.0. The van der Waals surface area contributed by atoms with E-state index in [-0.39, 0.29) is 47.1 Å². The summed E-state index contributed by atoms with van der Waals surface area (Å²) >= 11 is 0. The van der Waals surface area contributed by atoms with Gasteiger partial charge in [-0.25, -0.2) is 0 Å². The van der Waals surface area contributed by atoms with Crippen LogP contribution in [-0.4, -0.2) is 41.6 Å². The van der Waals surface area contributed by atoms with Crippen molar-refractivity contribution in [1.29, 1.82) is 0 Å². The van der Waals surface area contributed by atoms with Crippen molar-refractivity contribution < 1.29 is 19.1 Å². The number of carbonyl (C=O) groups is 2. The van der Waals surface area contributed by atoms with Crippen LogP contribution in [0.4, 0.5) is 0 Å². The van der Waals surface area contributed by atoms with E-state index < -0.39 is 0 Å². The first-order chi connectivity index (χ1) is 10.3. The number of rotatable bonds is 7. The van der Waals surface area contributed by atoms with Gasteiger partial charge in [0.1, 0.15) is 13.2 Å². The van der Waals surface area contributed by atoms with Crippen molar-refractivity contribution in [3.63, 3.8) is 0 Å². The topological polar surface area (TPSA) is 64.6 Å². The molecule has 132 valence electrons. The number of ether oxygens (including phenoxy) is 2. The van der Waals surface area contributed by atoms with Crippen LogP contribution in [0.15, 0.2) is 0 Å². The normalized spacial score (nSPS) is 29.5. The third-order valence-electron chi connectivity index (χ3n) is 4.42. The van der Waals surface area contributed by atoms with Crippen LogP contribution in [0.5, 0.6) is 0 Å². The van der Waals surface area contributed by atoms with Crippen molar-refractivity contribution >= 4 is 11.7 Å². The van der Waals surface area contributed by atoms with Crippen molar-refractivity contribution in [2.75, 3.05) is 13.2 Å². The zero-order valence-electron chi connectivity index (χ0n) is 15.4. The van der Waals surface area contributed by atoms with Crippen molar-refractivity contribution in [2.45, 2.75) is 84.0 Å². The molecule has 0 radical (unpaired) electrons. The highest BCUT2D eigenvalue weighted by Crippen LogP contribution is 2.68. The zero-order chi connectivity index (χ0) is 17.5. The Hall–Kier alpha value is -0.940. The molecule has 2 bridgehead atoms. The molecule has 0 aromatic rings. The number of ketones is 1. The Labute approximate surface area is 139 Å². The molecule has 5 nitrogen and oxygen atoms in total. The van der Waals surface area contributed by atoms with Gasteiger partial charge in [-0.2, -0.15) is 0 Å². The predicted molar refractivity (Wildman–Crippen MR) is 88.2 cm³/mol. The summed E-state index contributed by atoms with van der Waals surface area (Å²) in [6, 6.07) is 0. The van der Waals surface area contributed by atoms with Gasteiger partial charge in [-0.05, 0) is 66.2 Å². The van der Waals surface area contributed by atoms with Crippen LogP contribution >= 0.6 is 0 Å². The molecule has 3 aliphatic rings. The first kappa shape index (κ1) is 18.4. The van der Waals surface area contributed by atoms with Gasteiger partial charge in [0.25, 0.3) is 0 Å². The lowest BCUT2D eigenvalue weighted by atomic mass is 9.38. The van der Waals surface area contributed by atoms with E-state index in [9.17, 15) is 9.59 Å². The molecule has 1 amide bonds. The lowest BCUT2D eigenvalue weighted by Gasteiger charge is -2.70. The Kier molecular flexibility index (Phi) is 4.68. The molecule has 3 saturated carbocycles. The van der Waals surface area contributed by atoms with Gasteiger partial charge in [-0.3, -0.25) is 9.59 Å². The standard InChI is InChI=1S/C18H31NO4/c1-15(2,3)22-8-13(20)7-17-10-18(11-17,12-17)19-14(21)9-23-16(4,5)6/h7-12H2,1-6H3,(H,19,21). The smallest absolute Gasteiger partial charge is 0.246 e. The number of Topliss-reactive ketones (excluding diaryl/α,β-unsaturated/α-hetero) is 1. The molecule has 3 fully saturated rings. The molecule has 0 aliphatic heterocycles. The van der Waals surface area contributed by atoms with Crippen LogP contribution in [0.25, 0.3) is 0 Å². The molecule has 0 spiro atoms. The van der Waals surface area contributed by atoms with Gasteiger partial charge < -0.3 is 14.8 Å². The van der Waals surface area contributed by atoms with Gasteiger partial charge in [0.05, 0.1) is 11.2 Å². The Balaban J connectivity index is 1.67. The third kappa shape index (κ3) is 5.01. The number of amides is 1. The maximum absolute atomic E-state index is 12.0. The Morgan fingerprint density at radius 1 is 0.913 bits per heavy atom. The van der Waals surface area contributed by atoms with Crippen LogP contribution in [0.1, 0.15) is 67.2 Å². The van der Waals surface area contributed by atoms with Gasteiger partial charge in [-0.1, -0.05) is 0 Å². The molecule has 1 N–H and O–H groups in total. The minimum absolute atomic E-state index is 0.0596. The summed E-state index contributed by atoms with van der Waals surface area (Å²) in [5.41, 5.74) is -0.561. The summed E-state index contributed by atoms with van der Waals surface area (Å²) in [6.07, 6.45) is 3.28. The first-order valence-electron chi connectivity index (χ1n) is 8.43.